The summed E-state index contributed by atoms with van der Waals surface area (Å²) in [5, 5.41) is 4.75. The predicted molar refractivity (Wildman–Crippen MR) is 109 cm³/mol. The first-order valence-electron chi connectivity index (χ1n) is 7.76. The lowest BCUT2D eigenvalue weighted by molar-refractivity contribution is 0.303. The number of hydrogen-bond acceptors (Lipinski definition) is 2. The molecular formula is C20H16BrCl2NO. The number of hydrogen-bond donors (Lipinski definition) is 1. The summed E-state index contributed by atoms with van der Waals surface area (Å²) in [6.07, 6.45) is 0. The minimum Gasteiger partial charge on any atom is -0.488 e. The van der Waals surface area contributed by atoms with Crippen LogP contribution in [0.15, 0.2) is 71.2 Å². The summed E-state index contributed by atoms with van der Waals surface area (Å²) in [6.45, 7) is 1.07. The molecule has 0 aliphatic heterocycles. The van der Waals surface area contributed by atoms with Crippen LogP contribution >= 0.6 is 39.1 Å². The van der Waals surface area contributed by atoms with Crippen LogP contribution in [0.25, 0.3) is 0 Å². The third-order valence-corrected chi connectivity index (χ3v) is 5.32. The average molecular weight is 437 g/mol. The van der Waals surface area contributed by atoms with Gasteiger partial charge in [0.1, 0.15) is 12.4 Å². The van der Waals surface area contributed by atoms with Gasteiger partial charge in [0.2, 0.25) is 0 Å². The van der Waals surface area contributed by atoms with Gasteiger partial charge in [0.15, 0.2) is 0 Å². The van der Waals surface area contributed by atoms with Crippen molar-refractivity contribution in [3.8, 4) is 5.75 Å². The molecule has 0 saturated carbocycles. The van der Waals surface area contributed by atoms with Crippen LogP contribution in [0.4, 0.5) is 5.69 Å². The highest BCUT2D eigenvalue weighted by atomic mass is 79.9. The van der Waals surface area contributed by atoms with E-state index in [0.717, 1.165) is 27.0 Å². The van der Waals surface area contributed by atoms with Crippen molar-refractivity contribution in [1.82, 2.24) is 0 Å². The van der Waals surface area contributed by atoms with E-state index in [-0.39, 0.29) is 0 Å². The Morgan fingerprint density at radius 3 is 2.32 bits per heavy atom. The Bertz CT molecular complexity index is 870. The van der Waals surface area contributed by atoms with Crippen molar-refractivity contribution in [2.75, 3.05) is 5.32 Å². The number of rotatable bonds is 6. The molecule has 5 heteroatoms. The molecule has 0 radical (unpaired) electrons. The van der Waals surface area contributed by atoms with Crippen molar-refractivity contribution >= 4 is 44.8 Å². The van der Waals surface area contributed by atoms with Crippen molar-refractivity contribution in [3.63, 3.8) is 0 Å². The SMILES string of the molecule is Clc1cc(NCc2ccccc2OCc2ccccc2Cl)ccc1Br. The average Bonchev–Trinajstić information content (AvgIpc) is 2.63. The van der Waals surface area contributed by atoms with Crippen molar-refractivity contribution < 1.29 is 4.74 Å². The summed E-state index contributed by atoms with van der Waals surface area (Å²) in [4.78, 5) is 0. The summed E-state index contributed by atoms with van der Waals surface area (Å²) in [7, 11) is 0. The van der Waals surface area contributed by atoms with Crippen LogP contribution < -0.4 is 10.1 Å². The van der Waals surface area contributed by atoms with E-state index in [1.165, 1.54) is 0 Å². The Morgan fingerprint density at radius 2 is 1.56 bits per heavy atom. The Hall–Kier alpha value is -1.68. The van der Waals surface area contributed by atoms with Gasteiger partial charge in [-0.2, -0.15) is 0 Å². The highest BCUT2D eigenvalue weighted by Crippen LogP contribution is 2.27. The van der Waals surface area contributed by atoms with Crippen LogP contribution in [0.5, 0.6) is 5.75 Å². The first kappa shape index (κ1) is 18.1. The van der Waals surface area contributed by atoms with Crippen LogP contribution in [-0.2, 0) is 13.2 Å². The van der Waals surface area contributed by atoms with Gasteiger partial charge in [0.25, 0.3) is 0 Å². The summed E-state index contributed by atoms with van der Waals surface area (Å²) >= 11 is 15.7. The highest BCUT2D eigenvalue weighted by Gasteiger charge is 2.06. The number of anilines is 1. The molecular weight excluding hydrogens is 421 g/mol. The normalized spacial score (nSPS) is 10.5. The third-order valence-electron chi connectivity index (χ3n) is 3.72. The Balaban J connectivity index is 1.68. The molecule has 0 spiro atoms. The monoisotopic (exact) mass is 435 g/mol. The lowest BCUT2D eigenvalue weighted by Gasteiger charge is -2.14. The van der Waals surface area contributed by atoms with Gasteiger partial charge < -0.3 is 10.1 Å². The quantitative estimate of drug-likeness (QED) is 0.451. The van der Waals surface area contributed by atoms with Gasteiger partial charge >= 0.3 is 0 Å². The maximum atomic E-state index is 6.19. The molecule has 0 amide bonds. The zero-order valence-electron chi connectivity index (χ0n) is 13.3. The van der Waals surface area contributed by atoms with E-state index >= 15 is 0 Å². The zero-order valence-corrected chi connectivity index (χ0v) is 16.4. The molecule has 1 N–H and O–H groups in total. The molecule has 0 atom stereocenters. The van der Waals surface area contributed by atoms with Crippen LogP contribution in [0.1, 0.15) is 11.1 Å². The Kier molecular flexibility index (Phi) is 6.24. The van der Waals surface area contributed by atoms with Gasteiger partial charge in [-0.25, -0.2) is 0 Å². The van der Waals surface area contributed by atoms with Gasteiger partial charge in [0.05, 0.1) is 5.02 Å². The first-order valence-corrected chi connectivity index (χ1v) is 9.31. The summed E-state index contributed by atoms with van der Waals surface area (Å²) in [5.74, 6) is 0.832. The van der Waals surface area contributed by atoms with Gasteiger partial charge in [0, 0.05) is 32.9 Å². The lowest BCUT2D eigenvalue weighted by atomic mass is 10.2. The van der Waals surface area contributed by atoms with Crippen LogP contribution in [-0.4, -0.2) is 0 Å². The fraction of sp³-hybridized carbons (Fsp3) is 0.100. The molecule has 0 saturated heterocycles. The zero-order chi connectivity index (χ0) is 17.6. The van der Waals surface area contributed by atoms with Crippen molar-refractivity contribution in [1.29, 1.82) is 0 Å². The maximum absolute atomic E-state index is 6.19. The maximum Gasteiger partial charge on any atom is 0.124 e. The van der Waals surface area contributed by atoms with Gasteiger partial charge in [-0.3, -0.25) is 0 Å². The second-order valence-electron chi connectivity index (χ2n) is 5.47. The Morgan fingerprint density at radius 1 is 0.840 bits per heavy atom. The molecule has 0 fully saturated rings. The first-order chi connectivity index (χ1) is 12.1. The summed E-state index contributed by atoms with van der Waals surface area (Å²) in [6, 6.07) is 21.4. The van der Waals surface area contributed by atoms with Gasteiger partial charge in [-0.15, -0.1) is 0 Å². The smallest absolute Gasteiger partial charge is 0.124 e. The largest absolute Gasteiger partial charge is 0.488 e. The van der Waals surface area contributed by atoms with Crippen LogP contribution in [0, 0.1) is 0 Å². The van der Waals surface area contributed by atoms with Gasteiger partial charge in [-0.1, -0.05) is 59.6 Å². The molecule has 0 heterocycles. The second-order valence-corrected chi connectivity index (χ2v) is 7.14. The number of ether oxygens (including phenoxy) is 1. The summed E-state index contributed by atoms with van der Waals surface area (Å²) in [5.41, 5.74) is 2.98. The fourth-order valence-electron chi connectivity index (χ4n) is 2.37. The number of benzene rings is 3. The third kappa shape index (κ3) is 4.91. The van der Waals surface area contributed by atoms with Crippen LogP contribution in [0.3, 0.4) is 0 Å². The molecule has 0 aliphatic rings. The van der Waals surface area contributed by atoms with Gasteiger partial charge in [-0.05, 0) is 46.3 Å². The van der Waals surface area contributed by atoms with E-state index in [9.17, 15) is 0 Å². The molecule has 0 unspecified atom stereocenters. The minimum absolute atomic E-state index is 0.431. The predicted octanol–water partition coefficient (Wildman–Crippen LogP) is 6.95. The molecule has 0 aliphatic carbocycles. The number of para-hydroxylation sites is 1. The van der Waals surface area contributed by atoms with E-state index in [4.69, 9.17) is 27.9 Å². The molecule has 3 aromatic carbocycles. The standard InChI is InChI=1S/C20H16BrCl2NO/c21-17-10-9-16(11-19(17)23)24-12-14-5-2-4-8-20(14)25-13-15-6-1-3-7-18(15)22/h1-11,24H,12-13H2. The van der Waals surface area contributed by atoms with E-state index in [1.807, 2.05) is 66.7 Å². The molecule has 0 aromatic heterocycles. The molecule has 0 bridgehead atoms. The van der Waals surface area contributed by atoms with E-state index in [0.29, 0.717) is 23.2 Å². The Labute approximate surface area is 165 Å². The van der Waals surface area contributed by atoms with Crippen molar-refractivity contribution in [2.45, 2.75) is 13.2 Å². The topological polar surface area (TPSA) is 21.3 Å². The lowest BCUT2D eigenvalue weighted by Crippen LogP contribution is -2.04. The highest BCUT2D eigenvalue weighted by molar-refractivity contribution is 9.10. The molecule has 3 aromatic rings. The number of halogens is 3. The molecule has 128 valence electrons. The molecule has 3 rings (SSSR count). The van der Waals surface area contributed by atoms with E-state index in [2.05, 4.69) is 21.2 Å². The molecule has 2 nitrogen and oxygen atoms in total. The van der Waals surface area contributed by atoms with E-state index < -0.39 is 0 Å². The van der Waals surface area contributed by atoms with E-state index in [1.54, 1.807) is 0 Å². The minimum atomic E-state index is 0.431. The van der Waals surface area contributed by atoms with Crippen molar-refractivity contribution in [2.24, 2.45) is 0 Å². The van der Waals surface area contributed by atoms with Crippen LogP contribution in [0.2, 0.25) is 10.0 Å². The number of nitrogens with one attached hydrogen (secondary N) is 1. The fourth-order valence-corrected chi connectivity index (χ4v) is 2.98. The second kappa shape index (κ2) is 8.61. The van der Waals surface area contributed by atoms with Crippen molar-refractivity contribution in [3.05, 3.63) is 92.4 Å². The summed E-state index contributed by atoms with van der Waals surface area (Å²) < 4.78 is 6.86. The molecule has 25 heavy (non-hydrogen) atoms.